The third kappa shape index (κ3) is 7.58. The Morgan fingerprint density at radius 3 is 2.39 bits per heavy atom. The SMILES string of the molecule is CNCCCNc1cc(-c2cc(C(F)(F)F)ccc2-c2nncn2C)cc(N2Cc3c(cc(CN(C)C4CC(OC)C4)cc3C(F)(F)F)C2=O)n1. The van der Waals surface area contributed by atoms with Crippen LogP contribution in [0, 0.1) is 0 Å². The number of pyridine rings is 1. The Morgan fingerprint density at radius 2 is 1.75 bits per heavy atom. The van der Waals surface area contributed by atoms with Crippen LogP contribution in [0.3, 0.4) is 0 Å². The maximum absolute atomic E-state index is 14.6. The molecule has 2 N–H and O–H groups in total. The molecule has 51 heavy (non-hydrogen) atoms. The van der Waals surface area contributed by atoms with Gasteiger partial charge in [-0.1, -0.05) is 0 Å². The number of hydrogen-bond acceptors (Lipinski definition) is 8. The molecule has 1 aliphatic heterocycles. The summed E-state index contributed by atoms with van der Waals surface area (Å²) in [4.78, 5) is 21.7. The normalized spacial score (nSPS) is 17.6. The van der Waals surface area contributed by atoms with Crippen molar-refractivity contribution in [3.63, 3.8) is 0 Å². The van der Waals surface area contributed by atoms with Crippen LogP contribution in [0.25, 0.3) is 22.5 Å². The second kappa shape index (κ2) is 14.2. The lowest BCUT2D eigenvalue weighted by Crippen LogP contribution is -2.45. The van der Waals surface area contributed by atoms with Gasteiger partial charge in [0, 0.05) is 44.4 Å². The Morgan fingerprint density at radius 1 is 0.980 bits per heavy atom. The Kier molecular flexibility index (Phi) is 10.1. The molecule has 0 radical (unpaired) electrons. The monoisotopic (exact) mass is 716 g/mol. The minimum Gasteiger partial charge on any atom is -0.381 e. The van der Waals surface area contributed by atoms with Crippen LogP contribution in [0.1, 0.15) is 51.9 Å². The van der Waals surface area contributed by atoms with E-state index < -0.39 is 35.9 Å². The number of halogens is 6. The molecule has 4 aromatic rings. The molecule has 0 atom stereocenters. The third-order valence-corrected chi connectivity index (χ3v) is 9.47. The third-order valence-electron chi connectivity index (χ3n) is 9.47. The summed E-state index contributed by atoms with van der Waals surface area (Å²) in [5.74, 6) is -0.182. The van der Waals surface area contributed by atoms with Gasteiger partial charge in [-0.3, -0.25) is 14.6 Å². The summed E-state index contributed by atoms with van der Waals surface area (Å²) in [7, 11) is 6.89. The molecule has 3 heterocycles. The zero-order valence-electron chi connectivity index (χ0n) is 28.5. The van der Waals surface area contributed by atoms with Gasteiger partial charge >= 0.3 is 12.4 Å². The summed E-state index contributed by atoms with van der Waals surface area (Å²) >= 11 is 0. The number of aryl methyl sites for hydroxylation is 1. The van der Waals surface area contributed by atoms with E-state index in [1.807, 2.05) is 11.9 Å². The number of nitrogens with zero attached hydrogens (tertiary/aromatic N) is 6. The largest absolute Gasteiger partial charge is 0.416 e. The number of aromatic nitrogens is 4. The van der Waals surface area contributed by atoms with Crippen LogP contribution >= 0.6 is 0 Å². The Balaban J connectivity index is 1.42. The first kappa shape index (κ1) is 36.3. The van der Waals surface area contributed by atoms with Crippen molar-refractivity contribution in [1.29, 1.82) is 0 Å². The van der Waals surface area contributed by atoms with Crippen molar-refractivity contribution < 1.29 is 35.9 Å². The molecule has 0 saturated heterocycles. The van der Waals surface area contributed by atoms with Crippen LogP contribution in [0.15, 0.2) is 48.8 Å². The van der Waals surface area contributed by atoms with Crippen LogP contribution < -0.4 is 15.5 Å². The maximum atomic E-state index is 14.6. The molecular formula is C35H38F6N8O2. The van der Waals surface area contributed by atoms with Gasteiger partial charge in [0.1, 0.15) is 18.0 Å². The lowest BCUT2D eigenvalue weighted by Gasteiger charge is -2.40. The second-order valence-corrected chi connectivity index (χ2v) is 13.0. The number of amides is 1. The van der Waals surface area contributed by atoms with Gasteiger partial charge < -0.3 is 19.9 Å². The van der Waals surface area contributed by atoms with E-state index in [0.717, 1.165) is 35.9 Å². The number of anilines is 2. The molecule has 1 amide bonds. The number of ether oxygens (including phenoxy) is 1. The van der Waals surface area contributed by atoms with Gasteiger partial charge in [-0.05, 0) is 105 Å². The molecule has 2 aromatic carbocycles. The molecule has 2 aliphatic rings. The fourth-order valence-electron chi connectivity index (χ4n) is 6.57. The van der Waals surface area contributed by atoms with Gasteiger partial charge in [0.15, 0.2) is 5.82 Å². The zero-order valence-corrected chi connectivity index (χ0v) is 28.5. The van der Waals surface area contributed by atoms with Gasteiger partial charge in [-0.15, -0.1) is 10.2 Å². The van der Waals surface area contributed by atoms with Crippen molar-refractivity contribution in [2.24, 2.45) is 7.05 Å². The summed E-state index contributed by atoms with van der Waals surface area (Å²) in [6, 6.07) is 8.92. The van der Waals surface area contributed by atoms with Crippen LogP contribution in [0.2, 0.25) is 0 Å². The molecule has 1 aliphatic carbocycles. The molecule has 1 fully saturated rings. The quantitative estimate of drug-likeness (QED) is 0.129. The number of benzene rings is 2. The predicted molar refractivity (Wildman–Crippen MR) is 179 cm³/mol. The Bertz CT molecular complexity index is 1900. The van der Waals surface area contributed by atoms with Crippen molar-refractivity contribution in [3.05, 3.63) is 76.6 Å². The first-order valence-electron chi connectivity index (χ1n) is 16.4. The number of fused-ring (bicyclic) bond motifs is 1. The molecule has 2 aromatic heterocycles. The smallest absolute Gasteiger partial charge is 0.381 e. The van der Waals surface area contributed by atoms with E-state index in [4.69, 9.17) is 4.74 Å². The lowest BCUT2D eigenvalue weighted by molar-refractivity contribution is -0.138. The standard InChI is InChI=1S/C35H38F6N8O2/c1-42-8-5-9-43-30-12-21(26-14-22(34(36,37)38)6-7-25(26)32-46-44-19-48(32)3)13-31(45-30)49-18-28-27(33(49)50)10-20(11-29(28)35(39,40)41)17-47(2)23-15-24(16-23)51-4/h6-7,10-14,19,23-24,42H,5,8-9,15-18H2,1-4H3,(H,43,45). The van der Waals surface area contributed by atoms with E-state index in [9.17, 15) is 31.1 Å². The highest BCUT2D eigenvalue weighted by Gasteiger charge is 2.42. The van der Waals surface area contributed by atoms with Crippen molar-refractivity contribution in [1.82, 2.24) is 30.0 Å². The zero-order chi connectivity index (χ0) is 36.7. The molecule has 16 heteroatoms. The van der Waals surface area contributed by atoms with E-state index in [0.29, 0.717) is 30.6 Å². The number of carbonyl (C=O) groups is 1. The van der Waals surface area contributed by atoms with Gasteiger partial charge in [0.25, 0.3) is 5.91 Å². The first-order valence-corrected chi connectivity index (χ1v) is 16.4. The van der Waals surface area contributed by atoms with Crippen molar-refractivity contribution in [2.75, 3.05) is 44.5 Å². The van der Waals surface area contributed by atoms with E-state index in [2.05, 4.69) is 25.8 Å². The van der Waals surface area contributed by atoms with E-state index >= 15 is 0 Å². The number of methoxy groups -OCH3 is 1. The van der Waals surface area contributed by atoms with Crippen molar-refractivity contribution >= 4 is 17.5 Å². The highest BCUT2D eigenvalue weighted by atomic mass is 19.4. The van der Waals surface area contributed by atoms with Crippen LogP contribution in [0.4, 0.5) is 38.0 Å². The summed E-state index contributed by atoms with van der Waals surface area (Å²) < 4.78 is 92.6. The van der Waals surface area contributed by atoms with E-state index in [1.165, 1.54) is 24.5 Å². The Labute approximate surface area is 290 Å². The molecule has 1 saturated carbocycles. The number of hydrogen-bond donors (Lipinski definition) is 2. The van der Waals surface area contributed by atoms with Crippen LogP contribution in [-0.4, -0.2) is 77.0 Å². The fourth-order valence-corrected chi connectivity index (χ4v) is 6.57. The molecule has 10 nitrogen and oxygen atoms in total. The number of alkyl halides is 6. The molecule has 0 unspecified atom stereocenters. The molecule has 6 rings (SSSR count). The highest BCUT2D eigenvalue weighted by molar-refractivity contribution is 6.10. The van der Waals surface area contributed by atoms with Gasteiger partial charge in [-0.25, -0.2) is 4.98 Å². The summed E-state index contributed by atoms with van der Waals surface area (Å²) in [6.45, 7) is 0.852. The predicted octanol–water partition coefficient (Wildman–Crippen LogP) is 6.37. The number of carbonyl (C=O) groups excluding carboxylic acids is 1. The second-order valence-electron chi connectivity index (χ2n) is 13.0. The van der Waals surface area contributed by atoms with Gasteiger partial charge in [0.05, 0.1) is 23.8 Å². The average Bonchev–Trinajstić information content (AvgIpc) is 3.63. The molecular weight excluding hydrogens is 678 g/mol. The minimum absolute atomic E-state index is 0.0157. The van der Waals surface area contributed by atoms with Gasteiger partial charge in [-0.2, -0.15) is 26.3 Å². The average molecular weight is 717 g/mol. The molecule has 0 bridgehead atoms. The van der Waals surface area contributed by atoms with Gasteiger partial charge in [0.2, 0.25) is 0 Å². The van der Waals surface area contributed by atoms with Crippen LogP contribution in [-0.2, 0) is 37.2 Å². The minimum atomic E-state index is -4.75. The summed E-state index contributed by atoms with van der Waals surface area (Å²) in [5, 5.41) is 14.2. The first-order chi connectivity index (χ1) is 24.2. The maximum Gasteiger partial charge on any atom is 0.416 e. The van der Waals surface area contributed by atoms with Crippen molar-refractivity contribution in [2.45, 2.75) is 56.9 Å². The molecule has 272 valence electrons. The molecule has 0 spiro atoms. The number of nitrogens with one attached hydrogen (secondary N) is 2. The topological polar surface area (TPSA) is 100 Å². The van der Waals surface area contributed by atoms with E-state index in [-0.39, 0.29) is 58.4 Å². The lowest BCUT2D eigenvalue weighted by atomic mass is 9.87. The van der Waals surface area contributed by atoms with Crippen LogP contribution in [0.5, 0.6) is 0 Å². The number of rotatable bonds is 12. The Hall–Kier alpha value is -4.54. The summed E-state index contributed by atoms with van der Waals surface area (Å²) in [5.41, 5.74) is -1.06. The van der Waals surface area contributed by atoms with Crippen molar-refractivity contribution in [3.8, 4) is 22.5 Å². The highest BCUT2D eigenvalue weighted by Crippen LogP contribution is 2.42. The summed E-state index contributed by atoms with van der Waals surface area (Å²) in [6.07, 6.45) is -5.71. The van der Waals surface area contributed by atoms with E-state index in [1.54, 1.807) is 31.8 Å². The fraction of sp³-hybridized carbons (Fsp3) is 0.429.